The maximum Gasteiger partial charge on any atom is 0.126 e. The van der Waals surface area contributed by atoms with Crippen molar-refractivity contribution in [2.24, 2.45) is 0 Å². The van der Waals surface area contributed by atoms with Gasteiger partial charge in [0.2, 0.25) is 0 Å². The summed E-state index contributed by atoms with van der Waals surface area (Å²) < 4.78 is 18.5. The zero-order valence-corrected chi connectivity index (χ0v) is 7.35. The van der Waals surface area contributed by atoms with Gasteiger partial charge in [0.25, 0.3) is 0 Å². The van der Waals surface area contributed by atoms with Crippen molar-refractivity contribution in [2.75, 3.05) is 0 Å². The highest BCUT2D eigenvalue weighted by Crippen LogP contribution is 2.24. The fourth-order valence-electron chi connectivity index (χ4n) is 1.55. The summed E-state index contributed by atoms with van der Waals surface area (Å²) in [6, 6.07) is 0. The zero-order valence-electron chi connectivity index (χ0n) is 7.35. The molecule has 0 aliphatic heterocycles. The topological polar surface area (TPSA) is 9.23 Å². The second-order valence-corrected chi connectivity index (χ2v) is 3.52. The Hall–Kier alpha value is -0.110. The highest BCUT2D eigenvalue weighted by Gasteiger charge is 2.25. The first kappa shape index (κ1) is 8.98. The van der Waals surface area contributed by atoms with Crippen LogP contribution in [0.1, 0.15) is 39.5 Å². The largest absolute Gasteiger partial charge is 0.373 e. The number of ether oxygens (including phenoxy) is 1. The van der Waals surface area contributed by atoms with Gasteiger partial charge in [0.1, 0.15) is 6.17 Å². The maximum absolute atomic E-state index is 13.1. The predicted molar refractivity (Wildman–Crippen MR) is 43.4 cm³/mol. The lowest BCUT2D eigenvalue weighted by atomic mass is 9.96. The molecule has 1 saturated carbocycles. The van der Waals surface area contributed by atoms with E-state index in [0.717, 1.165) is 19.3 Å². The van der Waals surface area contributed by atoms with E-state index in [1.54, 1.807) is 0 Å². The number of hydrogen-bond acceptors (Lipinski definition) is 1. The molecular formula is C9H17FO. The zero-order chi connectivity index (χ0) is 8.27. The minimum absolute atomic E-state index is 0.122. The molecule has 1 fully saturated rings. The van der Waals surface area contributed by atoms with Crippen molar-refractivity contribution in [1.29, 1.82) is 0 Å². The van der Waals surface area contributed by atoms with Gasteiger partial charge in [-0.15, -0.1) is 0 Å². The molecule has 0 spiro atoms. The monoisotopic (exact) mass is 160 g/mol. The van der Waals surface area contributed by atoms with Gasteiger partial charge < -0.3 is 4.74 Å². The van der Waals surface area contributed by atoms with E-state index < -0.39 is 6.17 Å². The fraction of sp³-hybridized carbons (Fsp3) is 1.00. The third-order valence-electron chi connectivity index (χ3n) is 2.07. The smallest absolute Gasteiger partial charge is 0.126 e. The number of hydrogen-bond donors (Lipinski definition) is 0. The van der Waals surface area contributed by atoms with Crippen molar-refractivity contribution in [3.63, 3.8) is 0 Å². The lowest BCUT2D eigenvalue weighted by Crippen LogP contribution is -2.31. The summed E-state index contributed by atoms with van der Waals surface area (Å²) in [6.07, 6.45) is 3.07. The highest BCUT2D eigenvalue weighted by atomic mass is 19.1. The molecule has 2 atom stereocenters. The first-order chi connectivity index (χ1) is 5.20. The van der Waals surface area contributed by atoms with Crippen LogP contribution in [0.2, 0.25) is 0 Å². The third kappa shape index (κ3) is 2.78. The Morgan fingerprint density at radius 1 is 1.27 bits per heavy atom. The van der Waals surface area contributed by atoms with Crippen LogP contribution in [0, 0.1) is 0 Å². The molecule has 0 aromatic rings. The minimum atomic E-state index is -0.717. The molecule has 0 radical (unpaired) electrons. The van der Waals surface area contributed by atoms with Gasteiger partial charge in [-0.05, 0) is 26.7 Å². The molecular weight excluding hydrogens is 143 g/mol. The summed E-state index contributed by atoms with van der Waals surface area (Å²) in [5.41, 5.74) is 0. The fourth-order valence-corrected chi connectivity index (χ4v) is 1.55. The molecule has 1 aliphatic rings. The SMILES string of the molecule is CC(C)O[C@H]1CCCC[C@@H]1F. The molecule has 0 aromatic heterocycles. The summed E-state index contributed by atoms with van der Waals surface area (Å²) in [5.74, 6) is 0. The summed E-state index contributed by atoms with van der Waals surface area (Å²) in [6.45, 7) is 3.92. The van der Waals surface area contributed by atoms with Crippen LogP contribution in [0.4, 0.5) is 4.39 Å². The lowest BCUT2D eigenvalue weighted by molar-refractivity contribution is -0.0548. The van der Waals surface area contributed by atoms with Gasteiger partial charge in [0.05, 0.1) is 12.2 Å². The van der Waals surface area contributed by atoms with E-state index in [9.17, 15) is 4.39 Å². The molecule has 0 bridgehead atoms. The first-order valence-electron chi connectivity index (χ1n) is 4.49. The van der Waals surface area contributed by atoms with Gasteiger partial charge in [0, 0.05) is 0 Å². The van der Waals surface area contributed by atoms with Crippen LogP contribution in [0.3, 0.4) is 0 Å². The van der Waals surface area contributed by atoms with Gasteiger partial charge in [-0.3, -0.25) is 0 Å². The van der Waals surface area contributed by atoms with Crippen LogP contribution in [0.15, 0.2) is 0 Å². The van der Waals surface area contributed by atoms with Crippen LogP contribution in [-0.2, 0) is 4.74 Å². The van der Waals surface area contributed by atoms with Crippen molar-refractivity contribution in [3.8, 4) is 0 Å². The van der Waals surface area contributed by atoms with Gasteiger partial charge in [-0.1, -0.05) is 12.8 Å². The Kier molecular flexibility index (Phi) is 3.31. The Morgan fingerprint density at radius 3 is 2.45 bits per heavy atom. The van der Waals surface area contributed by atoms with Crippen molar-refractivity contribution >= 4 is 0 Å². The van der Waals surface area contributed by atoms with E-state index in [1.165, 1.54) is 0 Å². The van der Waals surface area contributed by atoms with Crippen LogP contribution in [0.5, 0.6) is 0 Å². The molecule has 66 valence electrons. The van der Waals surface area contributed by atoms with Gasteiger partial charge in [-0.2, -0.15) is 0 Å². The quantitative estimate of drug-likeness (QED) is 0.603. The van der Waals surface area contributed by atoms with E-state index in [0.29, 0.717) is 6.42 Å². The van der Waals surface area contributed by atoms with Crippen molar-refractivity contribution in [2.45, 2.75) is 57.9 Å². The van der Waals surface area contributed by atoms with E-state index in [1.807, 2.05) is 13.8 Å². The molecule has 1 rings (SSSR count). The van der Waals surface area contributed by atoms with Crippen molar-refractivity contribution in [3.05, 3.63) is 0 Å². The number of alkyl halides is 1. The van der Waals surface area contributed by atoms with Crippen LogP contribution < -0.4 is 0 Å². The molecule has 0 unspecified atom stereocenters. The summed E-state index contributed by atoms with van der Waals surface area (Å²) in [5, 5.41) is 0. The van der Waals surface area contributed by atoms with Crippen LogP contribution in [-0.4, -0.2) is 18.4 Å². The molecule has 11 heavy (non-hydrogen) atoms. The number of rotatable bonds is 2. The average molecular weight is 160 g/mol. The second-order valence-electron chi connectivity index (χ2n) is 3.52. The Labute approximate surface area is 67.9 Å². The van der Waals surface area contributed by atoms with Gasteiger partial charge >= 0.3 is 0 Å². The van der Waals surface area contributed by atoms with Gasteiger partial charge in [0.15, 0.2) is 0 Å². The molecule has 1 aliphatic carbocycles. The maximum atomic E-state index is 13.1. The minimum Gasteiger partial charge on any atom is -0.373 e. The lowest BCUT2D eigenvalue weighted by Gasteiger charge is -2.27. The molecule has 2 heteroatoms. The predicted octanol–water partition coefficient (Wildman–Crippen LogP) is 2.69. The first-order valence-corrected chi connectivity index (χ1v) is 4.49. The van der Waals surface area contributed by atoms with Crippen molar-refractivity contribution in [1.82, 2.24) is 0 Å². The Balaban J connectivity index is 2.29. The Morgan fingerprint density at radius 2 is 1.91 bits per heavy atom. The van der Waals surface area contributed by atoms with E-state index in [2.05, 4.69) is 0 Å². The molecule has 0 N–H and O–H groups in total. The van der Waals surface area contributed by atoms with E-state index in [-0.39, 0.29) is 12.2 Å². The summed E-state index contributed by atoms with van der Waals surface area (Å²) in [4.78, 5) is 0. The molecule has 0 saturated heterocycles. The standard InChI is InChI=1S/C9H17FO/c1-7(2)11-9-6-4-3-5-8(9)10/h7-9H,3-6H2,1-2H3/t8-,9-/m0/s1. The summed E-state index contributed by atoms with van der Waals surface area (Å²) >= 11 is 0. The van der Waals surface area contributed by atoms with Crippen LogP contribution >= 0.6 is 0 Å². The summed E-state index contributed by atoms with van der Waals surface area (Å²) in [7, 11) is 0. The normalized spacial score (nSPS) is 32.7. The highest BCUT2D eigenvalue weighted by molar-refractivity contribution is 4.75. The number of halogens is 1. The molecule has 0 aromatic carbocycles. The van der Waals surface area contributed by atoms with E-state index >= 15 is 0 Å². The molecule has 1 nitrogen and oxygen atoms in total. The third-order valence-corrected chi connectivity index (χ3v) is 2.07. The Bertz CT molecular complexity index is 114. The average Bonchev–Trinajstić information content (AvgIpc) is 1.93. The van der Waals surface area contributed by atoms with E-state index in [4.69, 9.17) is 4.74 Å². The van der Waals surface area contributed by atoms with Crippen LogP contribution in [0.25, 0.3) is 0 Å². The molecule has 0 amide bonds. The van der Waals surface area contributed by atoms with Gasteiger partial charge in [-0.25, -0.2) is 4.39 Å². The second kappa shape index (κ2) is 4.05. The van der Waals surface area contributed by atoms with Crippen molar-refractivity contribution < 1.29 is 9.13 Å². The molecule has 0 heterocycles.